The average molecular weight is 618 g/mol. The molecule has 1 saturated carbocycles. The molecule has 7 heteroatoms. The lowest BCUT2D eigenvalue weighted by atomic mass is 9.77. The molecule has 3 rings (SSSR count). The third kappa shape index (κ3) is 18.8. The molecule has 2 aromatic rings. The van der Waals surface area contributed by atoms with Crippen molar-refractivity contribution in [2.75, 3.05) is 6.54 Å². The van der Waals surface area contributed by atoms with Gasteiger partial charge in [-0.2, -0.15) is 8.78 Å². The van der Waals surface area contributed by atoms with Crippen molar-refractivity contribution in [2.24, 2.45) is 5.92 Å². The van der Waals surface area contributed by atoms with Crippen molar-refractivity contribution in [3.63, 3.8) is 0 Å². The first-order chi connectivity index (χ1) is 21.0. The Kier molecular flexibility index (Phi) is 26.2. The highest BCUT2D eigenvalue weighted by molar-refractivity contribution is 5.97. The van der Waals surface area contributed by atoms with Crippen LogP contribution in [0.4, 0.5) is 8.78 Å². The van der Waals surface area contributed by atoms with Crippen LogP contribution in [-0.2, 0) is 17.7 Å². The van der Waals surface area contributed by atoms with Gasteiger partial charge in [-0.15, -0.1) is 0 Å². The van der Waals surface area contributed by atoms with E-state index in [1.54, 1.807) is 6.92 Å². The molecular formula is C37H61F2N3O2. The summed E-state index contributed by atoms with van der Waals surface area (Å²) in [5.74, 6) is 1.30. The predicted octanol–water partition coefficient (Wildman–Crippen LogP) is 10.5. The van der Waals surface area contributed by atoms with Gasteiger partial charge in [0.1, 0.15) is 0 Å². The number of hydrogen-bond donors (Lipinski definition) is 3. The Morgan fingerprint density at radius 1 is 1.07 bits per heavy atom. The van der Waals surface area contributed by atoms with Crippen LogP contribution in [0.2, 0.25) is 0 Å². The van der Waals surface area contributed by atoms with Crippen molar-refractivity contribution < 1.29 is 18.3 Å². The van der Waals surface area contributed by atoms with Crippen molar-refractivity contribution in [1.82, 2.24) is 5.32 Å². The zero-order valence-electron chi connectivity index (χ0n) is 29.2. The first-order valence-corrected chi connectivity index (χ1v) is 16.3. The number of ether oxygens (including phenoxy) is 1. The van der Waals surface area contributed by atoms with Crippen molar-refractivity contribution in [2.45, 2.75) is 133 Å². The molecule has 1 aliphatic carbocycles. The number of carbonyl (C=O) groups is 1. The Bertz CT molecular complexity index is 1050. The Morgan fingerprint density at radius 2 is 1.68 bits per heavy atom. The van der Waals surface area contributed by atoms with Gasteiger partial charge in [-0.1, -0.05) is 90.8 Å². The summed E-state index contributed by atoms with van der Waals surface area (Å²) >= 11 is 0. The highest BCUT2D eigenvalue weighted by atomic mass is 19.3. The Labute approximate surface area is 267 Å². The number of alkyl halides is 2. The molecule has 0 heterocycles. The van der Waals surface area contributed by atoms with Crippen LogP contribution >= 0.6 is 0 Å². The minimum atomic E-state index is -2.63. The number of carbonyl (C=O) groups excluding carboxylic acids is 1. The van der Waals surface area contributed by atoms with Crippen molar-refractivity contribution in [3.8, 4) is 0 Å². The number of unbranched alkanes of at least 4 members (excludes halogenated alkanes) is 1. The number of Topliss-reactive ketones (excluding diaryl/α,β-unsaturated/α-hetero) is 1. The number of ketones is 1. The van der Waals surface area contributed by atoms with Gasteiger partial charge in [0.2, 0.25) is 0 Å². The summed E-state index contributed by atoms with van der Waals surface area (Å²) < 4.78 is 28.2. The minimum Gasteiger partial charge on any atom is -0.320 e. The first-order valence-electron chi connectivity index (χ1n) is 16.3. The lowest BCUT2D eigenvalue weighted by Gasteiger charge is -2.35. The molecule has 0 atom stereocenters. The fourth-order valence-electron chi connectivity index (χ4n) is 4.57. The van der Waals surface area contributed by atoms with Gasteiger partial charge in [0.25, 0.3) is 0 Å². The number of rotatable bonds is 12. The van der Waals surface area contributed by atoms with Crippen LogP contribution in [0.1, 0.15) is 132 Å². The standard InChI is InChI=1S/C17H27NO.C12H14F2O.C4H9N.C2H5N.C2H6/c1-6-15-13(5)8-14(11-18-10-12(3)4)9-16(15)17(19)7-2;1-8-3-2-4-9(5-8)10-6-11(7-10)15-12(13)14;1-2-3-4-5;1-2-3;1-2/h8-9,12,18H,6-7,10-11H2,1-5H3;2-5,10-12H,6-7H2,1H3;4-5H,2-3H2,1H3;2-3H,1H3;1-2H3. The van der Waals surface area contributed by atoms with E-state index in [-0.39, 0.29) is 11.9 Å². The summed E-state index contributed by atoms with van der Waals surface area (Å²) in [4.78, 5) is 12.1. The molecule has 1 fully saturated rings. The van der Waals surface area contributed by atoms with Gasteiger partial charge in [-0.05, 0) is 106 Å². The second kappa shape index (κ2) is 26.6. The van der Waals surface area contributed by atoms with Crippen LogP contribution in [0.3, 0.4) is 0 Å². The number of nitrogens with one attached hydrogen (secondary N) is 3. The van der Waals surface area contributed by atoms with Crippen LogP contribution < -0.4 is 5.32 Å². The van der Waals surface area contributed by atoms with E-state index in [0.29, 0.717) is 31.1 Å². The van der Waals surface area contributed by atoms with Gasteiger partial charge in [0.15, 0.2) is 5.78 Å². The average Bonchev–Trinajstić information content (AvgIpc) is 2.96. The van der Waals surface area contributed by atoms with E-state index >= 15 is 0 Å². The summed E-state index contributed by atoms with van der Waals surface area (Å²) in [5.41, 5.74) is 7.04. The molecule has 2 aromatic carbocycles. The maximum atomic E-state index is 12.1. The molecule has 5 nitrogen and oxygen atoms in total. The van der Waals surface area contributed by atoms with E-state index in [1.807, 2.05) is 39.8 Å². The zero-order valence-corrected chi connectivity index (χ0v) is 29.2. The molecule has 3 N–H and O–H groups in total. The lowest BCUT2D eigenvalue weighted by molar-refractivity contribution is -0.184. The normalized spacial score (nSPS) is 14.7. The Morgan fingerprint density at radius 3 is 2.11 bits per heavy atom. The predicted molar refractivity (Wildman–Crippen MR) is 185 cm³/mol. The lowest BCUT2D eigenvalue weighted by Crippen LogP contribution is -2.31. The fourth-order valence-corrected chi connectivity index (χ4v) is 4.57. The molecule has 250 valence electrons. The third-order valence-electron chi connectivity index (χ3n) is 6.73. The largest absolute Gasteiger partial charge is 0.345 e. The molecule has 0 unspecified atom stereocenters. The van der Waals surface area contributed by atoms with Crippen molar-refractivity contribution in [1.29, 1.82) is 10.8 Å². The van der Waals surface area contributed by atoms with Crippen LogP contribution in [0.5, 0.6) is 0 Å². The summed E-state index contributed by atoms with van der Waals surface area (Å²) in [7, 11) is 0. The maximum absolute atomic E-state index is 12.1. The van der Waals surface area contributed by atoms with Crippen LogP contribution in [0.25, 0.3) is 0 Å². The maximum Gasteiger partial charge on any atom is 0.345 e. The first kappa shape index (κ1) is 43.4. The van der Waals surface area contributed by atoms with Crippen LogP contribution in [-0.4, -0.2) is 37.5 Å². The summed E-state index contributed by atoms with van der Waals surface area (Å²) in [5, 5.41) is 16.0. The zero-order chi connectivity index (χ0) is 34.1. The monoisotopic (exact) mass is 617 g/mol. The van der Waals surface area contributed by atoms with E-state index in [1.165, 1.54) is 40.2 Å². The highest BCUT2D eigenvalue weighted by Crippen LogP contribution is 2.39. The number of aryl methyl sites for hydroxylation is 2. The van der Waals surface area contributed by atoms with Crippen molar-refractivity contribution >= 4 is 18.2 Å². The van der Waals surface area contributed by atoms with Gasteiger partial charge in [0.05, 0.1) is 6.10 Å². The fraction of sp³-hybridized carbons (Fsp3) is 0.595. The topological polar surface area (TPSA) is 86.0 Å². The molecule has 0 aromatic heterocycles. The summed E-state index contributed by atoms with van der Waals surface area (Å²) in [6.07, 6.45) is 7.39. The van der Waals surface area contributed by atoms with E-state index in [9.17, 15) is 13.6 Å². The number of halogens is 2. The van der Waals surface area contributed by atoms with Gasteiger partial charge in [-0.3, -0.25) is 4.79 Å². The summed E-state index contributed by atoms with van der Waals surface area (Å²) in [6.45, 7) is 19.5. The molecule has 44 heavy (non-hydrogen) atoms. The molecule has 1 aliphatic rings. The highest BCUT2D eigenvalue weighted by Gasteiger charge is 2.32. The van der Waals surface area contributed by atoms with E-state index in [2.05, 4.69) is 68.9 Å². The SMILES string of the molecule is CC.CC=N.CCC(=O)c1cc(CNCC(C)C)cc(C)c1CC.CCCC=N.Cc1cccc(C2CC(OC(F)F)C2)c1. The van der Waals surface area contributed by atoms with Gasteiger partial charge in [-0.25, -0.2) is 0 Å². The van der Waals surface area contributed by atoms with Crippen molar-refractivity contribution in [3.05, 3.63) is 69.8 Å². The quantitative estimate of drug-likeness (QED) is 0.164. The molecule has 0 saturated heterocycles. The van der Waals surface area contributed by atoms with Gasteiger partial charge in [0, 0.05) is 18.5 Å². The van der Waals surface area contributed by atoms with Gasteiger partial charge >= 0.3 is 6.61 Å². The van der Waals surface area contributed by atoms with Crippen LogP contribution in [0, 0.1) is 30.6 Å². The third-order valence-corrected chi connectivity index (χ3v) is 6.73. The number of benzene rings is 2. The smallest absolute Gasteiger partial charge is 0.320 e. The Balaban J connectivity index is 0. The van der Waals surface area contributed by atoms with E-state index in [0.717, 1.165) is 37.9 Å². The summed E-state index contributed by atoms with van der Waals surface area (Å²) in [6, 6.07) is 12.5. The Hall–Kier alpha value is -2.77. The molecule has 0 bridgehead atoms. The second-order valence-corrected chi connectivity index (χ2v) is 11.0. The molecule has 0 aliphatic heterocycles. The van der Waals surface area contributed by atoms with Gasteiger partial charge < -0.3 is 20.9 Å². The molecule has 0 radical (unpaired) electrons. The van der Waals surface area contributed by atoms with Crippen LogP contribution in [0.15, 0.2) is 36.4 Å². The van der Waals surface area contributed by atoms with E-state index < -0.39 is 6.61 Å². The molecule has 0 amide bonds. The molecule has 0 spiro atoms. The number of hydrogen-bond acceptors (Lipinski definition) is 5. The second-order valence-electron chi connectivity index (χ2n) is 11.0. The molecular weight excluding hydrogens is 556 g/mol. The van der Waals surface area contributed by atoms with E-state index in [4.69, 9.17) is 10.8 Å². The minimum absolute atomic E-state index is 0.254.